The number of hydrogen-bond acceptors (Lipinski definition) is 5. The lowest BCUT2D eigenvalue weighted by molar-refractivity contribution is -0.121. The Labute approximate surface area is 170 Å². The van der Waals surface area contributed by atoms with Crippen LogP contribution in [0.5, 0.6) is 11.5 Å². The summed E-state index contributed by atoms with van der Waals surface area (Å²) in [6.45, 7) is 1.66. The number of halogens is 1. The highest BCUT2D eigenvalue weighted by Crippen LogP contribution is 2.25. The van der Waals surface area contributed by atoms with E-state index in [1.54, 1.807) is 36.4 Å². The minimum absolute atomic E-state index is 0.0526. The molecule has 0 saturated carbocycles. The van der Waals surface area contributed by atoms with Gasteiger partial charge in [0, 0.05) is 10.0 Å². The van der Waals surface area contributed by atoms with E-state index >= 15 is 0 Å². The van der Waals surface area contributed by atoms with Gasteiger partial charge in [-0.05, 0) is 49.0 Å². The van der Waals surface area contributed by atoms with Crippen LogP contribution in [0.1, 0.15) is 15.9 Å². The summed E-state index contributed by atoms with van der Waals surface area (Å²) in [6, 6.07) is 12.1. The van der Waals surface area contributed by atoms with Crippen molar-refractivity contribution in [1.29, 1.82) is 0 Å². The van der Waals surface area contributed by atoms with Crippen LogP contribution in [0.4, 0.5) is 0 Å². The van der Waals surface area contributed by atoms with E-state index in [1.165, 1.54) is 7.11 Å². The lowest BCUT2D eigenvalue weighted by Gasteiger charge is -2.12. The molecule has 142 valence electrons. The molecule has 0 aliphatic carbocycles. The van der Waals surface area contributed by atoms with Crippen LogP contribution in [-0.2, 0) is 4.79 Å². The van der Waals surface area contributed by atoms with Crippen molar-refractivity contribution in [3.05, 3.63) is 58.1 Å². The van der Waals surface area contributed by atoms with Gasteiger partial charge in [-0.25, -0.2) is 0 Å². The van der Waals surface area contributed by atoms with Crippen LogP contribution >= 0.6 is 28.1 Å². The van der Waals surface area contributed by atoms with Gasteiger partial charge in [0.25, 0.3) is 11.8 Å². The third kappa shape index (κ3) is 6.22. The van der Waals surface area contributed by atoms with Gasteiger partial charge in [-0.15, -0.1) is 0 Å². The fraction of sp³-hybridized carbons (Fsp3) is 0.167. The van der Waals surface area contributed by atoms with Crippen molar-refractivity contribution in [3.8, 4) is 11.5 Å². The Kier molecular flexibility index (Phi) is 7.56. The van der Waals surface area contributed by atoms with E-state index in [9.17, 15) is 9.59 Å². The predicted molar refractivity (Wildman–Crippen MR) is 109 cm³/mol. The van der Waals surface area contributed by atoms with Crippen molar-refractivity contribution in [2.75, 3.05) is 13.7 Å². The number of ether oxygens (including phenoxy) is 2. The molecule has 2 rings (SSSR count). The molecule has 0 atom stereocenters. The van der Waals surface area contributed by atoms with E-state index in [4.69, 9.17) is 21.7 Å². The first-order valence-electron chi connectivity index (χ1n) is 7.83. The first-order chi connectivity index (χ1) is 12.9. The second-order valence-corrected chi connectivity index (χ2v) is 6.62. The van der Waals surface area contributed by atoms with Gasteiger partial charge in [0.05, 0.1) is 7.11 Å². The summed E-state index contributed by atoms with van der Waals surface area (Å²) >= 11 is 8.35. The molecule has 7 nitrogen and oxygen atoms in total. The van der Waals surface area contributed by atoms with Crippen LogP contribution in [-0.4, -0.2) is 30.6 Å². The molecule has 0 radical (unpaired) electrons. The number of benzene rings is 2. The first-order valence-corrected chi connectivity index (χ1v) is 9.03. The molecule has 0 spiro atoms. The lowest BCUT2D eigenvalue weighted by atomic mass is 10.1. The van der Waals surface area contributed by atoms with Crippen LogP contribution in [0, 0.1) is 6.92 Å². The summed E-state index contributed by atoms with van der Waals surface area (Å²) < 4.78 is 11.3. The molecular formula is C18H18BrN3O4S. The number of methoxy groups -OCH3 is 1. The third-order valence-electron chi connectivity index (χ3n) is 3.40. The Hall–Kier alpha value is -2.65. The number of thiocarbonyl (C=S) groups is 1. The number of amides is 2. The molecule has 9 heteroatoms. The Balaban J connectivity index is 1.78. The van der Waals surface area contributed by atoms with Crippen LogP contribution < -0.4 is 25.6 Å². The number of para-hydroxylation sites is 2. The number of rotatable bonds is 5. The number of carbonyl (C=O) groups excluding carboxylic acids is 2. The highest BCUT2D eigenvalue weighted by Gasteiger charge is 2.10. The van der Waals surface area contributed by atoms with Crippen molar-refractivity contribution in [2.45, 2.75) is 6.92 Å². The minimum Gasteiger partial charge on any atom is -0.493 e. The van der Waals surface area contributed by atoms with Crippen molar-refractivity contribution >= 4 is 45.1 Å². The minimum atomic E-state index is -0.481. The molecule has 2 aromatic rings. The molecule has 0 aliphatic rings. The summed E-state index contributed by atoms with van der Waals surface area (Å²) in [6.07, 6.45) is 0. The standard InChI is InChI=1S/C18H18BrN3O4S/c1-11-7-8-12(9-13(11)19)17(24)21-22-18(27)20-16(23)10-26-15-6-4-3-5-14(15)25-2/h3-9H,10H2,1-2H3,(H,21,24)(H2,20,22,23,27). The quantitative estimate of drug-likeness (QED) is 0.477. The molecule has 2 aromatic carbocycles. The average molecular weight is 452 g/mol. The van der Waals surface area contributed by atoms with Gasteiger partial charge >= 0.3 is 0 Å². The van der Waals surface area contributed by atoms with E-state index < -0.39 is 11.8 Å². The molecule has 3 N–H and O–H groups in total. The number of hydrogen-bond donors (Lipinski definition) is 3. The number of carbonyl (C=O) groups is 2. The molecule has 0 aliphatic heterocycles. The predicted octanol–water partition coefficient (Wildman–Crippen LogP) is 2.48. The summed E-state index contributed by atoms with van der Waals surface area (Å²) in [5.41, 5.74) is 6.34. The maximum Gasteiger partial charge on any atom is 0.269 e. The van der Waals surface area contributed by atoms with Gasteiger partial charge in [-0.3, -0.25) is 25.8 Å². The monoisotopic (exact) mass is 451 g/mol. The van der Waals surface area contributed by atoms with Gasteiger partial charge in [0.2, 0.25) is 0 Å². The molecule has 0 unspecified atom stereocenters. The summed E-state index contributed by atoms with van der Waals surface area (Å²) in [5.74, 6) is 0.0816. The van der Waals surface area contributed by atoms with Crippen molar-refractivity contribution in [2.24, 2.45) is 0 Å². The number of aryl methyl sites for hydroxylation is 1. The van der Waals surface area contributed by atoms with E-state index in [-0.39, 0.29) is 11.7 Å². The summed E-state index contributed by atoms with van der Waals surface area (Å²) in [7, 11) is 1.51. The van der Waals surface area contributed by atoms with Gasteiger partial charge in [-0.1, -0.05) is 34.1 Å². The molecule has 27 heavy (non-hydrogen) atoms. The van der Waals surface area contributed by atoms with Gasteiger partial charge in [-0.2, -0.15) is 0 Å². The van der Waals surface area contributed by atoms with E-state index in [1.807, 2.05) is 13.0 Å². The second-order valence-electron chi connectivity index (χ2n) is 5.36. The van der Waals surface area contributed by atoms with Crippen molar-refractivity contribution in [1.82, 2.24) is 16.2 Å². The fourth-order valence-corrected chi connectivity index (χ4v) is 2.54. The normalized spacial score (nSPS) is 9.89. The molecule has 2 amide bonds. The molecule has 0 aromatic heterocycles. The zero-order chi connectivity index (χ0) is 19.8. The average Bonchev–Trinajstić information content (AvgIpc) is 2.66. The number of nitrogens with one attached hydrogen (secondary N) is 3. The molecule has 0 bridgehead atoms. The SMILES string of the molecule is COc1ccccc1OCC(=O)NC(=S)NNC(=O)c1ccc(C)c(Br)c1. The Morgan fingerprint density at radius 1 is 1.11 bits per heavy atom. The van der Waals surface area contributed by atoms with Crippen LogP contribution in [0.25, 0.3) is 0 Å². The molecular weight excluding hydrogens is 434 g/mol. The smallest absolute Gasteiger partial charge is 0.269 e. The number of hydrazine groups is 1. The zero-order valence-corrected chi connectivity index (χ0v) is 17.1. The van der Waals surface area contributed by atoms with Gasteiger partial charge in [0.15, 0.2) is 23.2 Å². The lowest BCUT2D eigenvalue weighted by Crippen LogP contribution is -2.49. The fourth-order valence-electron chi connectivity index (χ4n) is 2.00. The molecule has 0 fully saturated rings. The Bertz CT molecular complexity index is 860. The van der Waals surface area contributed by atoms with Crippen LogP contribution in [0.2, 0.25) is 0 Å². The zero-order valence-electron chi connectivity index (χ0n) is 14.7. The van der Waals surface area contributed by atoms with E-state index in [0.717, 1.165) is 10.0 Å². The third-order valence-corrected chi connectivity index (χ3v) is 4.46. The van der Waals surface area contributed by atoms with Gasteiger partial charge < -0.3 is 9.47 Å². The van der Waals surface area contributed by atoms with Gasteiger partial charge in [0.1, 0.15) is 0 Å². The largest absolute Gasteiger partial charge is 0.493 e. The maximum absolute atomic E-state index is 12.1. The maximum atomic E-state index is 12.1. The van der Waals surface area contributed by atoms with E-state index in [0.29, 0.717) is 17.1 Å². The molecule has 0 heterocycles. The first kappa shape index (κ1) is 20.7. The Morgan fingerprint density at radius 3 is 2.48 bits per heavy atom. The topological polar surface area (TPSA) is 88.7 Å². The Morgan fingerprint density at radius 2 is 1.81 bits per heavy atom. The van der Waals surface area contributed by atoms with Crippen molar-refractivity contribution in [3.63, 3.8) is 0 Å². The second kappa shape index (κ2) is 9.89. The highest BCUT2D eigenvalue weighted by molar-refractivity contribution is 9.10. The van der Waals surface area contributed by atoms with E-state index in [2.05, 4.69) is 32.1 Å². The summed E-state index contributed by atoms with van der Waals surface area (Å²) in [5, 5.41) is 2.35. The van der Waals surface area contributed by atoms with Crippen LogP contribution in [0.3, 0.4) is 0 Å². The molecule has 0 saturated heterocycles. The van der Waals surface area contributed by atoms with Crippen molar-refractivity contribution < 1.29 is 19.1 Å². The summed E-state index contributed by atoms with van der Waals surface area (Å²) in [4.78, 5) is 24.0. The van der Waals surface area contributed by atoms with Crippen LogP contribution in [0.15, 0.2) is 46.9 Å². The highest BCUT2D eigenvalue weighted by atomic mass is 79.9.